The first kappa shape index (κ1) is 16.9. The lowest BCUT2D eigenvalue weighted by atomic mass is 9.90. The van der Waals surface area contributed by atoms with E-state index in [4.69, 9.17) is 28.9 Å². The van der Waals surface area contributed by atoms with E-state index in [0.29, 0.717) is 15.6 Å². The molecule has 1 aliphatic rings. The maximum Gasteiger partial charge on any atom is 0.123 e. The Balaban J connectivity index is 0.00000180. The zero-order valence-corrected chi connectivity index (χ0v) is 12.7. The molecular formula is C13H18Cl3NO2. The predicted octanol–water partition coefficient (Wildman–Crippen LogP) is 3.67. The van der Waals surface area contributed by atoms with Gasteiger partial charge in [-0.05, 0) is 30.9 Å². The van der Waals surface area contributed by atoms with Crippen molar-refractivity contribution in [2.75, 3.05) is 0 Å². The van der Waals surface area contributed by atoms with Gasteiger partial charge in [0.15, 0.2) is 0 Å². The van der Waals surface area contributed by atoms with Gasteiger partial charge in [0.1, 0.15) is 5.75 Å². The average Bonchev–Trinajstić information content (AvgIpc) is 2.79. The number of aliphatic hydroxyl groups excluding tert-OH is 1. The highest BCUT2D eigenvalue weighted by Gasteiger charge is 2.31. The van der Waals surface area contributed by atoms with Crippen molar-refractivity contribution in [3.05, 3.63) is 27.7 Å². The molecule has 0 spiro atoms. The SMILES string of the molecule is Cl.N[C@H](c1c(O)cc(Cl)cc1Cl)[C@@H](O)C1CCCC1. The van der Waals surface area contributed by atoms with Gasteiger partial charge in [0, 0.05) is 10.6 Å². The second kappa shape index (κ2) is 7.00. The van der Waals surface area contributed by atoms with Crippen LogP contribution < -0.4 is 5.73 Å². The van der Waals surface area contributed by atoms with Crippen LogP contribution in [-0.2, 0) is 0 Å². The Kier molecular flexibility index (Phi) is 6.21. The minimum atomic E-state index is -0.683. The molecule has 0 heterocycles. The molecule has 19 heavy (non-hydrogen) atoms. The molecule has 1 fully saturated rings. The Morgan fingerprint density at radius 3 is 2.32 bits per heavy atom. The van der Waals surface area contributed by atoms with Crippen LogP contribution >= 0.6 is 35.6 Å². The van der Waals surface area contributed by atoms with E-state index in [0.717, 1.165) is 25.7 Å². The molecule has 1 aliphatic carbocycles. The molecule has 6 heteroatoms. The number of benzene rings is 1. The lowest BCUT2D eigenvalue weighted by Crippen LogP contribution is -2.32. The minimum Gasteiger partial charge on any atom is -0.507 e. The Hall–Kier alpha value is -0.190. The van der Waals surface area contributed by atoms with Crippen molar-refractivity contribution in [2.24, 2.45) is 11.7 Å². The maximum absolute atomic E-state index is 10.3. The van der Waals surface area contributed by atoms with E-state index in [9.17, 15) is 10.2 Å². The van der Waals surface area contributed by atoms with Crippen molar-refractivity contribution in [1.82, 2.24) is 0 Å². The van der Waals surface area contributed by atoms with Crippen LogP contribution in [0.3, 0.4) is 0 Å². The Morgan fingerprint density at radius 2 is 1.79 bits per heavy atom. The number of nitrogens with two attached hydrogens (primary N) is 1. The minimum absolute atomic E-state index is 0. The molecule has 1 aromatic rings. The largest absolute Gasteiger partial charge is 0.507 e. The van der Waals surface area contributed by atoms with E-state index in [-0.39, 0.29) is 24.1 Å². The topological polar surface area (TPSA) is 66.5 Å². The number of phenolic OH excluding ortho intramolecular Hbond substituents is 1. The first-order valence-corrected chi connectivity index (χ1v) is 6.88. The summed E-state index contributed by atoms with van der Waals surface area (Å²) in [6.45, 7) is 0. The Labute approximate surface area is 129 Å². The molecule has 0 radical (unpaired) electrons. The molecule has 4 N–H and O–H groups in total. The highest BCUT2D eigenvalue weighted by Crippen LogP contribution is 2.39. The van der Waals surface area contributed by atoms with Gasteiger partial charge in [-0.3, -0.25) is 0 Å². The first-order chi connectivity index (χ1) is 8.50. The van der Waals surface area contributed by atoms with Gasteiger partial charge in [-0.2, -0.15) is 0 Å². The third kappa shape index (κ3) is 3.67. The number of hydrogen-bond acceptors (Lipinski definition) is 3. The zero-order valence-electron chi connectivity index (χ0n) is 10.4. The molecule has 1 aromatic carbocycles. The van der Waals surface area contributed by atoms with Crippen LogP contribution in [0.1, 0.15) is 37.3 Å². The second-order valence-corrected chi connectivity index (χ2v) is 5.72. The molecule has 108 valence electrons. The number of aromatic hydroxyl groups is 1. The fourth-order valence-corrected chi connectivity index (χ4v) is 3.27. The fourth-order valence-electron chi connectivity index (χ4n) is 2.66. The third-order valence-corrected chi connectivity index (χ3v) is 4.19. The molecule has 0 amide bonds. The van der Waals surface area contributed by atoms with Crippen LogP contribution in [0.4, 0.5) is 0 Å². The van der Waals surface area contributed by atoms with Gasteiger partial charge >= 0.3 is 0 Å². The molecule has 0 bridgehead atoms. The lowest BCUT2D eigenvalue weighted by molar-refractivity contribution is 0.0836. The average molecular weight is 327 g/mol. The summed E-state index contributed by atoms with van der Waals surface area (Å²) < 4.78 is 0. The maximum atomic E-state index is 10.3. The first-order valence-electron chi connectivity index (χ1n) is 6.12. The standard InChI is InChI=1S/C13H17Cl2NO2.ClH/c14-8-5-9(15)11(10(17)6-8)12(16)13(18)7-3-1-2-4-7;/h5-7,12-13,17-18H,1-4,16H2;1H/t12-,13+;/m1./s1. The van der Waals surface area contributed by atoms with Crippen molar-refractivity contribution in [3.63, 3.8) is 0 Å². The van der Waals surface area contributed by atoms with E-state index in [1.165, 1.54) is 12.1 Å². The van der Waals surface area contributed by atoms with Crippen LogP contribution in [0.25, 0.3) is 0 Å². The summed E-state index contributed by atoms with van der Waals surface area (Å²) >= 11 is 11.8. The van der Waals surface area contributed by atoms with Gasteiger partial charge in [0.05, 0.1) is 17.2 Å². The number of aliphatic hydroxyl groups is 1. The van der Waals surface area contributed by atoms with Crippen molar-refractivity contribution >= 4 is 35.6 Å². The highest BCUT2D eigenvalue weighted by molar-refractivity contribution is 6.35. The quantitative estimate of drug-likeness (QED) is 0.794. The summed E-state index contributed by atoms with van der Waals surface area (Å²) in [6.07, 6.45) is 3.50. The smallest absolute Gasteiger partial charge is 0.123 e. The molecular weight excluding hydrogens is 309 g/mol. The molecule has 0 aromatic heterocycles. The molecule has 3 nitrogen and oxygen atoms in total. The van der Waals surface area contributed by atoms with E-state index < -0.39 is 12.1 Å². The summed E-state index contributed by atoms with van der Waals surface area (Å²) in [6, 6.07) is 2.24. The van der Waals surface area contributed by atoms with E-state index >= 15 is 0 Å². The van der Waals surface area contributed by atoms with Gasteiger partial charge in [0.2, 0.25) is 0 Å². The number of halogens is 3. The molecule has 0 unspecified atom stereocenters. The summed E-state index contributed by atoms with van der Waals surface area (Å²) in [4.78, 5) is 0. The van der Waals surface area contributed by atoms with Crippen LogP contribution in [0.15, 0.2) is 12.1 Å². The van der Waals surface area contributed by atoms with Crippen LogP contribution in [0.2, 0.25) is 10.0 Å². The van der Waals surface area contributed by atoms with E-state index in [1.54, 1.807) is 0 Å². The predicted molar refractivity (Wildman–Crippen MR) is 80.3 cm³/mol. The number of phenols is 1. The fraction of sp³-hybridized carbons (Fsp3) is 0.538. The van der Waals surface area contributed by atoms with Crippen LogP contribution in [0.5, 0.6) is 5.75 Å². The van der Waals surface area contributed by atoms with Crippen molar-refractivity contribution in [2.45, 2.75) is 37.8 Å². The molecule has 2 atom stereocenters. The third-order valence-electron chi connectivity index (χ3n) is 3.66. The van der Waals surface area contributed by atoms with Gasteiger partial charge in [-0.15, -0.1) is 12.4 Å². The van der Waals surface area contributed by atoms with Crippen LogP contribution in [-0.4, -0.2) is 16.3 Å². The highest BCUT2D eigenvalue weighted by atomic mass is 35.5. The van der Waals surface area contributed by atoms with Gasteiger partial charge in [0.25, 0.3) is 0 Å². The van der Waals surface area contributed by atoms with Crippen LogP contribution in [0, 0.1) is 5.92 Å². The van der Waals surface area contributed by atoms with Crippen molar-refractivity contribution in [3.8, 4) is 5.75 Å². The van der Waals surface area contributed by atoms with Crippen molar-refractivity contribution < 1.29 is 10.2 Å². The zero-order chi connectivity index (χ0) is 13.3. The Bertz CT molecular complexity index is 413. The molecule has 0 saturated heterocycles. The second-order valence-electron chi connectivity index (χ2n) is 4.88. The van der Waals surface area contributed by atoms with Crippen molar-refractivity contribution in [1.29, 1.82) is 0 Å². The number of rotatable bonds is 3. The normalized spacial score (nSPS) is 18.9. The lowest BCUT2D eigenvalue weighted by Gasteiger charge is -2.25. The van der Waals surface area contributed by atoms with Gasteiger partial charge < -0.3 is 15.9 Å². The molecule has 2 rings (SSSR count). The summed E-state index contributed by atoms with van der Waals surface area (Å²) in [7, 11) is 0. The van der Waals surface area contributed by atoms with Gasteiger partial charge in [-0.25, -0.2) is 0 Å². The van der Waals surface area contributed by atoms with E-state index in [2.05, 4.69) is 0 Å². The monoisotopic (exact) mass is 325 g/mol. The molecule has 1 saturated carbocycles. The Morgan fingerprint density at radius 1 is 1.21 bits per heavy atom. The molecule has 0 aliphatic heterocycles. The summed E-state index contributed by atoms with van der Waals surface area (Å²) in [5, 5.41) is 20.8. The summed E-state index contributed by atoms with van der Waals surface area (Å²) in [5.41, 5.74) is 6.41. The van der Waals surface area contributed by atoms with Gasteiger partial charge in [-0.1, -0.05) is 36.0 Å². The number of hydrogen-bond donors (Lipinski definition) is 3. The van der Waals surface area contributed by atoms with E-state index in [1.807, 2.05) is 0 Å². The summed E-state index contributed by atoms with van der Waals surface area (Å²) in [5.74, 6) is 0.128.